The van der Waals surface area contributed by atoms with Crippen molar-refractivity contribution in [1.82, 2.24) is 25.3 Å². The van der Waals surface area contributed by atoms with Gasteiger partial charge in [-0.15, -0.1) is 0 Å². The zero-order valence-electron chi connectivity index (χ0n) is 18.5. The number of guanidine groups is 1. The van der Waals surface area contributed by atoms with Crippen molar-refractivity contribution in [1.29, 1.82) is 0 Å². The quantitative estimate of drug-likeness (QED) is 0.195. The first kappa shape index (κ1) is 20.3. The Balaban J connectivity index is 1.57. The van der Waals surface area contributed by atoms with Crippen LogP contribution in [0.2, 0.25) is 0 Å². The SMILES string of the molecule is CC1c2ccc(O)c3[nH]cc(c23)-c2[nH]c(=O)c(-c3c[nH]c4cc(Br)ccc34)nc2C12CN=C(N)N2. The number of phenols is 1. The van der Waals surface area contributed by atoms with E-state index >= 15 is 0 Å². The Morgan fingerprint density at radius 2 is 2.00 bits per heavy atom. The molecular formula is C25H20BrN7O2. The number of nitrogens with one attached hydrogen (secondary N) is 4. The van der Waals surface area contributed by atoms with Crippen molar-refractivity contribution < 1.29 is 5.11 Å². The molecule has 1 spiro atoms. The highest BCUT2D eigenvalue weighted by Crippen LogP contribution is 2.50. The second kappa shape index (κ2) is 6.76. The number of phenolic OH excluding ortho intramolecular Hbond substituents is 1. The average molecular weight is 530 g/mol. The van der Waals surface area contributed by atoms with Crippen molar-refractivity contribution in [2.24, 2.45) is 10.7 Å². The lowest BCUT2D eigenvalue weighted by Crippen LogP contribution is -2.50. The van der Waals surface area contributed by atoms with Gasteiger partial charge in [0, 0.05) is 50.2 Å². The van der Waals surface area contributed by atoms with Gasteiger partial charge in [-0.2, -0.15) is 0 Å². The third-order valence-electron chi connectivity index (χ3n) is 7.41. The summed E-state index contributed by atoms with van der Waals surface area (Å²) in [5.41, 5.74) is 10.6. The van der Waals surface area contributed by atoms with E-state index in [1.54, 1.807) is 12.3 Å². The molecule has 0 amide bonds. The number of H-pyrrole nitrogens is 3. The van der Waals surface area contributed by atoms with Gasteiger partial charge in [-0.3, -0.25) is 9.79 Å². The smallest absolute Gasteiger partial charge is 0.275 e. The monoisotopic (exact) mass is 529 g/mol. The first-order valence-corrected chi connectivity index (χ1v) is 12.0. The highest BCUT2D eigenvalue weighted by atomic mass is 79.9. The molecule has 35 heavy (non-hydrogen) atoms. The van der Waals surface area contributed by atoms with Crippen LogP contribution < -0.4 is 16.6 Å². The minimum atomic E-state index is -0.774. The fraction of sp³-hybridized carbons (Fsp3) is 0.160. The molecular weight excluding hydrogens is 510 g/mol. The van der Waals surface area contributed by atoms with Crippen molar-refractivity contribution >= 4 is 43.7 Å². The Labute approximate surface area is 206 Å². The van der Waals surface area contributed by atoms with E-state index in [1.807, 2.05) is 30.5 Å². The minimum Gasteiger partial charge on any atom is -0.506 e. The molecule has 0 fully saturated rings. The van der Waals surface area contributed by atoms with Gasteiger partial charge in [0.15, 0.2) is 5.96 Å². The van der Waals surface area contributed by atoms with Crippen LogP contribution in [-0.4, -0.2) is 37.5 Å². The predicted molar refractivity (Wildman–Crippen MR) is 139 cm³/mol. The van der Waals surface area contributed by atoms with Crippen LogP contribution in [0, 0.1) is 0 Å². The number of hydrogen-bond donors (Lipinski definition) is 6. The molecule has 5 aromatic rings. The maximum atomic E-state index is 13.5. The fourth-order valence-corrected chi connectivity index (χ4v) is 5.99. The summed E-state index contributed by atoms with van der Waals surface area (Å²) >= 11 is 3.50. The van der Waals surface area contributed by atoms with Crippen molar-refractivity contribution in [3.8, 4) is 28.3 Å². The number of halogens is 1. The molecule has 2 atom stereocenters. The number of hydrogen-bond acceptors (Lipinski definition) is 6. The third-order valence-corrected chi connectivity index (χ3v) is 7.90. The van der Waals surface area contributed by atoms with E-state index in [4.69, 9.17) is 10.7 Å². The lowest BCUT2D eigenvalue weighted by Gasteiger charge is -2.35. The van der Waals surface area contributed by atoms with Gasteiger partial charge >= 0.3 is 0 Å². The molecule has 9 nitrogen and oxygen atoms in total. The molecule has 2 aromatic carbocycles. The van der Waals surface area contributed by atoms with Gasteiger partial charge < -0.3 is 31.1 Å². The van der Waals surface area contributed by atoms with Crippen LogP contribution in [0.5, 0.6) is 5.75 Å². The van der Waals surface area contributed by atoms with E-state index in [-0.39, 0.29) is 17.2 Å². The van der Waals surface area contributed by atoms with Gasteiger partial charge in [-0.1, -0.05) is 35.0 Å². The Hall–Kier alpha value is -4.05. The van der Waals surface area contributed by atoms with Crippen molar-refractivity contribution in [2.45, 2.75) is 18.4 Å². The van der Waals surface area contributed by atoms with E-state index < -0.39 is 5.54 Å². The normalized spacial score (nSPS) is 20.7. The van der Waals surface area contributed by atoms with Gasteiger partial charge in [-0.25, -0.2) is 4.98 Å². The van der Waals surface area contributed by atoms with Crippen LogP contribution in [0.4, 0.5) is 0 Å². The van der Waals surface area contributed by atoms with Crippen LogP contribution in [0.3, 0.4) is 0 Å². The summed E-state index contributed by atoms with van der Waals surface area (Å²) in [6, 6.07) is 9.46. The second-order valence-corrected chi connectivity index (χ2v) is 10.1. The zero-order chi connectivity index (χ0) is 24.1. The van der Waals surface area contributed by atoms with E-state index in [1.165, 1.54) is 0 Å². The summed E-state index contributed by atoms with van der Waals surface area (Å²) in [5, 5.41) is 15.7. The topological polar surface area (TPSA) is 148 Å². The second-order valence-electron chi connectivity index (χ2n) is 9.18. The van der Waals surface area contributed by atoms with Crippen LogP contribution in [0.1, 0.15) is 24.1 Å². The van der Waals surface area contributed by atoms with Crippen LogP contribution in [0.25, 0.3) is 44.3 Å². The molecule has 7 N–H and O–H groups in total. The summed E-state index contributed by atoms with van der Waals surface area (Å²) in [6.45, 7) is 2.46. The van der Waals surface area contributed by atoms with Crippen molar-refractivity contribution in [3.63, 3.8) is 0 Å². The first-order chi connectivity index (χ1) is 16.9. The van der Waals surface area contributed by atoms with Crippen molar-refractivity contribution in [2.75, 3.05) is 6.54 Å². The Morgan fingerprint density at radius 1 is 1.17 bits per heavy atom. The van der Waals surface area contributed by atoms with Gasteiger partial charge in [0.1, 0.15) is 17.0 Å². The highest BCUT2D eigenvalue weighted by molar-refractivity contribution is 9.10. The molecule has 0 bridgehead atoms. The molecule has 2 unspecified atom stereocenters. The number of benzene rings is 2. The number of aromatic hydroxyl groups is 1. The van der Waals surface area contributed by atoms with Gasteiger partial charge in [0.05, 0.1) is 23.4 Å². The maximum Gasteiger partial charge on any atom is 0.275 e. The molecule has 174 valence electrons. The maximum absolute atomic E-state index is 13.5. The largest absolute Gasteiger partial charge is 0.506 e. The number of rotatable bonds is 1. The standard InChI is InChI=1S/C25H20BrN7O2/c1-10-12-4-5-17(34)21-18(12)15(8-29-21)19-22(25(10)9-30-24(27)33-25)31-20(23(35)32-19)14-7-28-16-6-11(26)2-3-13(14)16/h2-8,10,28-29,34H,9H2,1H3,(H,32,35)(H3,27,30,33). The minimum absolute atomic E-state index is 0.128. The predicted octanol–water partition coefficient (Wildman–Crippen LogP) is 3.76. The molecule has 2 aliphatic rings. The number of aromatic nitrogens is 4. The molecule has 1 aliphatic heterocycles. The van der Waals surface area contributed by atoms with E-state index in [9.17, 15) is 9.90 Å². The summed E-state index contributed by atoms with van der Waals surface area (Å²) < 4.78 is 0.940. The summed E-state index contributed by atoms with van der Waals surface area (Å²) in [7, 11) is 0. The molecule has 0 saturated heterocycles. The molecule has 3 aromatic heterocycles. The zero-order valence-corrected chi connectivity index (χ0v) is 20.1. The summed E-state index contributed by atoms with van der Waals surface area (Å²) in [5.74, 6) is 0.348. The van der Waals surface area contributed by atoms with Gasteiger partial charge in [0.25, 0.3) is 5.56 Å². The molecule has 4 heterocycles. The molecule has 10 heteroatoms. The summed E-state index contributed by atoms with van der Waals surface area (Å²) in [6.07, 6.45) is 3.61. The lowest BCUT2D eigenvalue weighted by molar-refractivity contribution is 0.353. The van der Waals surface area contributed by atoms with E-state index in [0.717, 1.165) is 31.9 Å². The number of fused-ring (bicyclic) bond motifs is 4. The lowest BCUT2D eigenvalue weighted by atomic mass is 9.78. The van der Waals surface area contributed by atoms with Crippen LogP contribution in [-0.2, 0) is 5.54 Å². The Kier molecular flexibility index (Phi) is 3.93. The van der Waals surface area contributed by atoms with Gasteiger partial charge in [0.2, 0.25) is 0 Å². The fourth-order valence-electron chi connectivity index (χ4n) is 5.63. The molecule has 0 radical (unpaired) electrons. The summed E-state index contributed by atoms with van der Waals surface area (Å²) in [4.78, 5) is 32.6. The van der Waals surface area contributed by atoms with E-state index in [0.29, 0.717) is 40.7 Å². The number of aliphatic imine (C=N–C) groups is 1. The molecule has 1 aliphatic carbocycles. The number of nitrogens with two attached hydrogens (primary N) is 1. The Morgan fingerprint density at radius 3 is 2.80 bits per heavy atom. The van der Waals surface area contributed by atoms with Gasteiger partial charge in [-0.05, 0) is 23.8 Å². The van der Waals surface area contributed by atoms with Crippen LogP contribution >= 0.6 is 15.9 Å². The number of aromatic amines is 3. The Bertz CT molecular complexity index is 1800. The highest BCUT2D eigenvalue weighted by Gasteiger charge is 2.48. The average Bonchev–Trinajstić information content (AvgIpc) is 3.55. The third kappa shape index (κ3) is 2.60. The molecule has 0 saturated carbocycles. The molecule has 7 rings (SSSR count). The van der Waals surface area contributed by atoms with E-state index in [2.05, 4.69) is 48.1 Å². The van der Waals surface area contributed by atoms with Crippen LogP contribution in [0.15, 0.2) is 57.0 Å². The number of nitrogens with zero attached hydrogens (tertiary/aromatic N) is 2. The first-order valence-electron chi connectivity index (χ1n) is 11.2. The van der Waals surface area contributed by atoms with Crippen molar-refractivity contribution in [3.05, 3.63) is 68.8 Å².